The summed E-state index contributed by atoms with van der Waals surface area (Å²) >= 11 is 1.86. The van der Waals surface area contributed by atoms with Crippen LogP contribution in [0.4, 0.5) is 17.1 Å². The molecule has 0 saturated heterocycles. The highest BCUT2D eigenvalue weighted by molar-refractivity contribution is 7.26. The van der Waals surface area contributed by atoms with Crippen LogP contribution in [0.1, 0.15) is 0 Å². The molecule has 12 rings (SSSR count). The van der Waals surface area contributed by atoms with Gasteiger partial charge < -0.3 is 13.9 Å². The predicted molar refractivity (Wildman–Crippen MR) is 239 cm³/mol. The average Bonchev–Trinajstić information content (AvgIpc) is 3.95. The van der Waals surface area contributed by atoms with Crippen molar-refractivity contribution >= 4 is 103 Å². The second-order valence-corrected chi connectivity index (χ2v) is 15.5. The smallest absolute Gasteiger partial charge is 0.159 e. The highest BCUT2D eigenvalue weighted by Gasteiger charge is 2.24. The lowest BCUT2D eigenvalue weighted by atomic mass is 10.0. The number of benzene rings is 9. The van der Waals surface area contributed by atoms with Crippen molar-refractivity contribution in [1.29, 1.82) is 0 Å². The number of anilines is 3. The van der Waals surface area contributed by atoms with Gasteiger partial charge in [0.25, 0.3) is 0 Å². The Morgan fingerprint density at radius 2 is 1.12 bits per heavy atom. The molecule has 3 nitrogen and oxygen atoms in total. The first-order valence-electron chi connectivity index (χ1n) is 19.0. The summed E-state index contributed by atoms with van der Waals surface area (Å²) in [5, 5.41) is 9.78. The van der Waals surface area contributed by atoms with Crippen LogP contribution >= 0.6 is 11.3 Å². The fraction of sp³-hybridized carbons (Fsp3) is 0. The second-order valence-electron chi connectivity index (χ2n) is 14.5. The molecule has 12 aromatic rings. The van der Waals surface area contributed by atoms with E-state index in [4.69, 9.17) is 4.42 Å². The van der Waals surface area contributed by atoms with Gasteiger partial charge in [-0.1, -0.05) is 133 Å². The number of hydrogen-bond acceptors (Lipinski definition) is 3. The molecule has 0 saturated carbocycles. The van der Waals surface area contributed by atoms with Crippen molar-refractivity contribution in [2.24, 2.45) is 0 Å². The molecule has 0 aliphatic rings. The van der Waals surface area contributed by atoms with E-state index in [1.807, 2.05) is 17.4 Å². The number of rotatable bonds is 5. The van der Waals surface area contributed by atoms with Gasteiger partial charge in [0, 0.05) is 48.4 Å². The first-order chi connectivity index (χ1) is 27.8. The number of para-hydroxylation sites is 4. The third-order valence-corrected chi connectivity index (χ3v) is 12.6. The summed E-state index contributed by atoms with van der Waals surface area (Å²) in [6.07, 6.45) is 0. The summed E-state index contributed by atoms with van der Waals surface area (Å²) in [6.45, 7) is 0. The lowest BCUT2D eigenvalue weighted by Crippen LogP contribution is -2.10. The van der Waals surface area contributed by atoms with Gasteiger partial charge in [-0.2, -0.15) is 0 Å². The van der Waals surface area contributed by atoms with Crippen molar-refractivity contribution < 1.29 is 4.42 Å². The zero-order valence-corrected chi connectivity index (χ0v) is 31.0. The summed E-state index contributed by atoms with van der Waals surface area (Å²) in [4.78, 5) is 2.41. The van der Waals surface area contributed by atoms with Gasteiger partial charge in [-0.3, -0.25) is 0 Å². The largest absolute Gasteiger partial charge is 0.454 e. The molecule has 0 aliphatic carbocycles. The van der Waals surface area contributed by atoms with E-state index in [9.17, 15) is 0 Å². The lowest BCUT2D eigenvalue weighted by Gasteiger charge is -2.27. The van der Waals surface area contributed by atoms with Crippen molar-refractivity contribution in [3.63, 3.8) is 0 Å². The van der Waals surface area contributed by atoms with Gasteiger partial charge in [-0.25, -0.2) is 0 Å². The number of furan rings is 1. The molecule has 262 valence electrons. The minimum atomic E-state index is 0.874. The Bertz CT molecular complexity index is 3480. The summed E-state index contributed by atoms with van der Waals surface area (Å²) in [6, 6.07) is 70.1. The SMILES string of the molecule is c1ccc(-n2c3ccccc3c3ccc(-c4ccc(N(c5cccc6c5oc5ccccc56)c5cc6ccccc6c6c5sc5ccccc56)cc4)cc32)cc1. The number of aromatic nitrogens is 1. The van der Waals surface area contributed by atoms with E-state index in [1.165, 1.54) is 58.3 Å². The maximum absolute atomic E-state index is 6.73. The molecule has 0 bridgehead atoms. The van der Waals surface area contributed by atoms with Crippen LogP contribution in [0, 0.1) is 0 Å². The first kappa shape index (κ1) is 31.2. The van der Waals surface area contributed by atoms with Crippen molar-refractivity contribution in [3.05, 3.63) is 194 Å². The van der Waals surface area contributed by atoms with Crippen LogP contribution in [0.25, 0.3) is 91.5 Å². The highest BCUT2D eigenvalue weighted by Crippen LogP contribution is 2.50. The Labute approximate surface area is 326 Å². The minimum absolute atomic E-state index is 0.874. The molecular weight excluding hydrogens is 701 g/mol. The average molecular weight is 733 g/mol. The zero-order valence-electron chi connectivity index (χ0n) is 30.2. The molecule has 56 heavy (non-hydrogen) atoms. The number of nitrogens with zero attached hydrogens (tertiary/aromatic N) is 2. The molecule has 0 atom stereocenters. The van der Waals surface area contributed by atoms with Crippen LogP contribution < -0.4 is 4.90 Å². The van der Waals surface area contributed by atoms with Crippen molar-refractivity contribution in [1.82, 2.24) is 4.57 Å². The first-order valence-corrected chi connectivity index (χ1v) is 19.8. The summed E-state index contributed by atoms with van der Waals surface area (Å²) in [5.74, 6) is 0. The van der Waals surface area contributed by atoms with E-state index < -0.39 is 0 Å². The molecule has 3 aromatic heterocycles. The maximum Gasteiger partial charge on any atom is 0.159 e. The minimum Gasteiger partial charge on any atom is -0.454 e. The van der Waals surface area contributed by atoms with Gasteiger partial charge in [0.1, 0.15) is 5.58 Å². The normalized spacial score (nSPS) is 11.9. The van der Waals surface area contributed by atoms with Crippen molar-refractivity contribution in [3.8, 4) is 16.8 Å². The number of fused-ring (bicyclic) bond motifs is 11. The van der Waals surface area contributed by atoms with Crippen molar-refractivity contribution in [2.75, 3.05) is 4.90 Å². The Hall–Kier alpha value is -7.14. The van der Waals surface area contributed by atoms with Gasteiger partial charge in [0.15, 0.2) is 5.58 Å². The van der Waals surface area contributed by atoms with E-state index in [-0.39, 0.29) is 0 Å². The molecule has 3 heterocycles. The zero-order chi connectivity index (χ0) is 36.7. The van der Waals surface area contributed by atoms with Gasteiger partial charge in [0.2, 0.25) is 0 Å². The van der Waals surface area contributed by atoms with Gasteiger partial charge >= 0.3 is 0 Å². The fourth-order valence-corrected chi connectivity index (χ4v) is 10.1. The molecule has 4 heteroatoms. The summed E-state index contributed by atoms with van der Waals surface area (Å²) in [5.41, 5.74) is 10.9. The van der Waals surface area contributed by atoms with Crippen LogP contribution in [0.5, 0.6) is 0 Å². The molecule has 0 aliphatic heterocycles. The molecule has 0 fully saturated rings. The topological polar surface area (TPSA) is 21.3 Å². The summed E-state index contributed by atoms with van der Waals surface area (Å²) < 4.78 is 11.6. The van der Waals surface area contributed by atoms with E-state index >= 15 is 0 Å². The third-order valence-electron chi connectivity index (χ3n) is 11.4. The van der Waals surface area contributed by atoms with Crippen LogP contribution in [-0.2, 0) is 0 Å². The maximum atomic E-state index is 6.73. The Morgan fingerprint density at radius 3 is 2.00 bits per heavy atom. The van der Waals surface area contributed by atoms with E-state index in [1.54, 1.807) is 0 Å². The molecule has 0 amide bonds. The van der Waals surface area contributed by atoms with E-state index in [0.29, 0.717) is 0 Å². The Balaban J connectivity index is 1.08. The van der Waals surface area contributed by atoms with Crippen molar-refractivity contribution in [2.45, 2.75) is 0 Å². The van der Waals surface area contributed by atoms with Gasteiger partial charge in [0.05, 0.1) is 27.1 Å². The number of hydrogen-bond donors (Lipinski definition) is 0. The lowest BCUT2D eigenvalue weighted by molar-refractivity contribution is 0.669. The van der Waals surface area contributed by atoms with E-state index in [2.05, 4.69) is 198 Å². The standard InChI is InChI=1S/C52H32N2OS/c1-2-14-36(15-3-1)53-44-21-9-6-17-39(44)40-30-27-34(31-46(40)53)33-25-28-37(29-26-33)54(45-22-12-20-42-41-18-7-10-23-48(41)55-51(42)45)47-32-35-13-4-5-16-38(35)50-43-19-8-11-24-49(43)56-52(47)50/h1-32H. The molecule has 0 radical (unpaired) electrons. The highest BCUT2D eigenvalue weighted by atomic mass is 32.1. The molecule has 9 aromatic carbocycles. The number of thiophene rings is 1. The van der Waals surface area contributed by atoms with Gasteiger partial charge in [-0.05, 0) is 82.6 Å². The Morgan fingerprint density at radius 1 is 0.446 bits per heavy atom. The summed E-state index contributed by atoms with van der Waals surface area (Å²) in [7, 11) is 0. The van der Waals surface area contributed by atoms with Crippen LogP contribution in [0.3, 0.4) is 0 Å². The van der Waals surface area contributed by atoms with Crippen LogP contribution in [0.2, 0.25) is 0 Å². The monoisotopic (exact) mass is 732 g/mol. The Kier molecular flexibility index (Phi) is 6.80. The molecule has 0 unspecified atom stereocenters. The molecule has 0 spiro atoms. The van der Waals surface area contributed by atoms with Gasteiger partial charge in [-0.15, -0.1) is 11.3 Å². The second kappa shape index (κ2) is 12.2. The molecule has 0 N–H and O–H groups in total. The van der Waals surface area contributed by atoms with Crippen LogP contribution in [0.15, 0.2) is 199 Å². The third kappa shape index (κ3) is 4.63. The predicted octanol–water partition coefficient (Wildman–Crippen LogP) is 15.3. The molecular formula is C52H32N2OS. The van der Waals surface area contributed by atoms with E-state index in [0.717, 1.165) is 50.3 Å². The van der Waals surface area contributed by atoms with Crippen LogP contribution in [-0.4, -0.2) is 4.57 Å². The quantitative estimate of drug-likeness (QED) is 0.176. The fourth-order valence-electron chi connectivity index (χ4n) is 8.85.